The van der Waals surface area contributed by atoms with E-state index in [2.05, 4.69) is 10.6 Å². The normalized spacial score (nSPS) is 14.6. The second-order valence-corrected chi connectivity index (χ2v) is 4.42. The number of aliphatic hydroxyl groups is 1. The van der Waals surface area contributed by atoms with Gasteiger partial charge in [-0.15, -0.1) is 0 Å². The zero-order valence-electron chi connectivity index (χ0n) is 11.5. The Morgan fingerprint density at radius 1 is 1.14 bits per heavy atom. The van der Waals surface area contributed by atoms with Crippen molar-refractivity contribution >= 4 is 23.7 Å². The van der Waals surface area contributed by atoms with Gasteiger partial charge in [-0.25, -0.2) is 0 Å². The van der Waals surface area contributed by atoms with Crippen molar-refractivity contribution in [3.8, 4) is 0 Å². The fourth-order valence-corrected chi connectivity index (χ4v) is 1.29. The van der Waals surface area contributed by atoms with Crippen molar-refractivity contribution in [1.29, 1.82) is 0 Å². The molecule has 0 radical (unpaired) electrons. The number of carbonyl (C=O) groups excluding carboxylic acids is 3. The van der Waals surface area contributed by atoms with Crippen LogP contribution < -0.4 is 22.1 Å². The van der Waals surface area contributed by atoms with E-state index in [4.69, 9.17) is 21.7 Å². The minimum atomic E-state index is -1.25. The topological polar surface area (TPSA) is 185 Å². The van der Waals surface area contributed by atoms with E-state index in [1.165, 1.54) is 6.92 Å². The van der Waals surface area contributed by atoms with Gasteiger partial charge in [-0.3, -0.25) is 19.2 Å². The van der Waals surface area contributed by atoms with Crippen molar-refractivity contribution in [2.24, 2.45) is 11.5 Å². The number of carboxylic acid groups (broad SMARTS) is 1. The molecule has 0 aromatic heterocycles. The lowest BCUT2D eigenvalue weighted by Gasteiger charge is -2.20. The summed E-state index contributed by atoms with van der Waals surface area (Å²) < 4.78 is 0. The molecular formula is C11H20N4O6. The highest BCUT2D eigenvalue weighted by Crippen LogP contribution is 1.99. The monoisotopic (exact) mass is 304 g/mol. The zero-order chi connectivity index (χ0) is 16.6. The van der Waals surface area contributed by atoms with Gasteiger partial charge in [0.25, 0.3) is 0 Å². The number of aliphatic carboxylic acids is 1. The lowest BCUT2D eigenvalue weighted by molar-refractivity contribution is -0.141. The third kappa shape index (κ3) is 7.22. The molecule has 0 spiro atoms. The number of hydrogen-bond acceptors (Lipinski definition) is 6. The fraction of sp³-hybridized carbons (Fsp3) is 0.636. The SMILES string of the molecule is C[C@H](NC(=O)[C@H](CCC(N)=O)NC(=O)[C@@H](N)CO)C(=O)O. The Morgan fingerprint density at radius 2 is 1.71 bits per heavy atom. The molecule has 0 saturated carbocycles. The van der Waals surface area contributed by atoms with Crippen LogP contribution in [0.5, 0.6) is 0 Å². The molecule has 10 heteroatoms. The van der Waals surface area contributed by atoms with E-state index in [0.29, 0.717) is 0 Å². The van der Waals surface area contributed by atoms with Crippen molar-refractivity contribution in [3.63, 3.8) is 0 Å². The summed E-state index contributed by atoms with van der Waals surface area (Å²) in [5, 5.41) is 21.9. The predicted octanol–water partition coefficient (Wildman–Crippen LogP) is -3.35. The van der Waals surface area contributed by atoms with Gasteiger partial charge >= 0.3 is 5.97 Å². The summed E-state index contributed by atoms with van der Waals surface area (Å²) in [4.78, 5) is 44.8. The molecule has 120 valence electrons. The van der Waals surface area contributed by atoms with Gasteiger partial charge in [-0.2, -0.15) is 0 Å². The van der Waals surface area contributed by atoms with Crippen LogP contribution >= 0.6 is 0 Å². The highest BCUT2D eigenvalue weighted by Gasteiger charge is 2.26. The third-order valence-electron chi connectivity index (χ3n) is 2.58. The van der Waals surface area contributed by atoms with Gasteiger partial charge in [-0.05, 0) is 13.3 Å². The van der Waals surface area contributed by atoms with Gasteiger partial charge in [0.15, 0.2) is 0 Å². The van der Waals surface area contributed by atoms with Gasteiger partial charge in [-0.1, -0.05) is 0 Å². The van der Waals surface area contributed by atoms with Gasteiger partial charge in [0.1, 0.15) is 18.1 Å². The molecule has 8 N–H and O–H groups in total. The van der Waals surface area contributed by atoms with E-state index < -0.39 is 48.4 Å². The van der Waals surface area contributed by atoms with Crippen molar-refractivity contribution in [1.82, 2.24) is 10.6 Å². The van der Waals surface area contributed by atoms with Crippen LogP contribution in [0.3, 0.4) is 0 Å². The second kappa shape index (κ2) is 8.87. The summed E-state index contributed by atoms with van der Waals surface area (Å²) in [6.45, 7) is 0.619. The number of amides is 3. The number of aliphatic hydroxyl groups excluding tert-OH is 1. The lowest BCUT2D eigenvalue weighted by atomic mass is 10.1. The molecule has 0 saturated heterocycles. The van der Waals surface area contributed by atoms with E-state index in [1.54, 1.807) is 0 Å². The number of nitrogens with one attached hydrogen (secondary N) is 2. The maximum atomic E-state index is 11.9. The molecule has 0 aliphatic heterocycles. The largest absolute Gasteiger partial charge is 0.480 e. The average molecular weight is 304 g/mol. The summed E-state index contributed by atoms with van der Waals surface area (Å²) >= 11 is 0. The molecule has 0 aliphatic carbocycles. The van der Waals surface area contributed by atoms with Crippen molar-refractivity contribution < 1.29 is 29.4 Å². The van der Waals surface area contributed by atoms with E-state index in [1.807, 2.05) is 0 Å². The molecule has 0 unspecified atom stereocenters. The van der Waals surface area contributed by atoms with Gasteiger partial charge in [0, 0.05) is 6.42 Å². The third-order valence-corrected chi connectivity index (χ3v) is 2.58. The smallest absolute Gasteiger partial charge is 0.325 e. The number of nitrogens with two attached hydrogens (primary N) is 2. The molecule has 3 atom stereocenters. The first-order chi connectivity index (χ1) is 9.68. The number of primary amides is 1. The number of carboxylic acids is 1. The maximum absolute atomic E-state index is 11.9. The molecule has 0 aromatic rings. The van der Waals surface area contributed by atoms with Crippen LogP contribution in [0.2, 0.25) is 0 Å². The lowest BCUT2D eigenvalue weighted by Crippen LogP contribution is -2.54. The van der Waals surface area contributed by atoms with Crippen LogP contribution in [0.1, 0.15) is 19.8 Å². The Labute approximate surface area is 120 Å². The molecule has 0 fully saturated rings. The number of rotatable bonds is 9. The van der Waals surface area contributed by atoms with Gasteiger partial charge in [0.2, 0.25) is 17.7 Å². The van der Waals surface area contributed by atoms with E-state index in [0.717, 1.165) is 0 Å². The number of hydrogen-bond donors (Lipinski definition) is 6. The molecule has 0 aliphatic rings. The van der Waals surface area contributed by atoms with Crippen molar-refractivity contribution in [3.05, 3.63) is 0 Å². The number of carbonyl (C=O) groups is 4. The molecule has 3 amide bonds. The first-order valence-corrected chi connectivity index (χ1v) is 6.17. The Kier molecular flexibility index (Phi) is 7.94. The molecule has 21 heavy (non-hydrogen) atoms. The van der Waals surface area contributed by atoms with Crippen LogP contribution in [0, 0.1) is 0 Å². The first kappa shape index (κ1) is 18.8. The van der Waals surface area contributed by atoms with Crippen LogP contribution in [-0.2, 0) is 19.2 Å². The molecule has 0 heterocycles. The zero-order valence-corrected chi connectivity index (χ0v) is 11.5. The molecular weight excluding hydrogens is 284 g/mol. The molecule has 10 nitrogen and oxygen atoms in total. The Morgan fingerprint density at radius 3 is 2.14 bits per heavy atom. The van der Waals surface area contributed by atoms with Crippen LogP contribution in [0.15, 0.2) is 0 Å². The highest BCUT2D eigenvalue weighted by molar-refractivity contribution is 5.92. The summed E-state index contributed by atoms with van der Waals surface area (Å²) in [5.74, 6) is -3.52. The van der Waals surface area contributed by atoms with Crippen LogP contribution in [0.4, 0.5) is 0 Å². The minimum absolute atomic E-state index is 0.114. The van der Waals surface area contributed by atoms with Crippen LogP contribution in [0.25, 0.3) is 0 Å². The van der Waals surface area contributed by atoms with Crippen molar-refractivity contribution in [2.75, 3.05) is 6.61 Å². The Bertz CT molecular complexity index is 414. The fourth-order valence-electron chi connectivity index (χ4n) is 1.29. The molecule has 0 aromatic carbocycles. The van der Waals surface area contributed by atoms with E-state index in [9.17, 15) is 19.2 Å². The Balaban J connectivity index is 4.79. The summed E-state index contributed by atoms with van der Waals surface area (Å²) in [7, 11) is 0. The summed E-state index contributed by atoms with van der Waals surface area (Å²) in [6, 6.07) is -3.58. The Hall–Kier alpha value is -2.20. The van der Waals surface area contributed by atoms with E-state index >= 15 is 0 Å². The first-order valence-electron chi connectivity index (χ1n) is 6.17. The minimum Gasteiger partial charge on any atom is -0.480 e. The van der Waals surface area contributed by atoms with Crippen LogP contribution in [-0.4, -0.2) is 58.6 Å². The predicted molar refractivity (Wildman–Crippen MR) is 70.7 cm³/mol. The summed E-state index contributed by atoms with van der Waals surface area (Å²) in [6.07, 6.45) is -0.300. The van der Waals surface area contributed by atoms with Crippen molar-refractivity contribution in [2.45, 2.75) is 37.9 Å². The maximum Gasteiger partial charge on any atom is 0.325 e. The van der Waals surface area contributed by atoms with Gasteiger partial charge < -0.3 is 32.3 Å². The van der Waals surface area contributed by atoms with Gasteiger partial charge in [0.05, 0.1) is 6.61 Å². The average Bonchev–Trinajstić information content (AvgIpc) is 2.41. The second-order valence-electron chi connectivity index (χ2n) is 4.42. The highest BCUT2D eigenvalue weighted by atomic mass is 16.4. The summed E-state index contributed by atoms with van der Waals surface area (Å²) in [5.41, 5.74) is 10.3. The molecule has 0 bridgehead atoms. The molecule has 0 rings (SSSR count). The van der Waals surface area contributed by atoms with E-state index in [-0.39, 0.29) is 12.8 Å². The standard InChI is InChI=1S/C11H20N4O6/c1-5(11(20)21)14-10(19)7(2-3-8(13)17)15-9(18)6(12)4-16/h5-7,16H,2-4,12H2,1H3,(H2,13,17)(H,14,19)(H,15,18)(H,20,21)/t5-,6-,7-/m0/s1. The quantitative estimate of drug-likeness (QED) is 0.257.